The molecule has 23 heavy (non-hydrogen) atoms. The second-order valence-corrected chi connectivity index (χ2v) is 7.19. The molecule has 0 fully saturated rings. The zero-order chi connectivity index (χ0) is 18.0. The largest absolute Gasteiger partial charge is 0.481 e. The Morgan fingerprint density at radius 2 is 2.00 bits per heavy atom. The van der Waals surface area contributed by atoms with Crippen molar-refractivity contribution in [2.45, 2.75) is 47.0 Å². The van der Waals surface area contributed by atoms with Crippen LogP contribution in [0.1, 0.15) is 46.1 Å². The van der Waals surface area contributed by atoms with E-state index >= 15 is 0 Å². The van der Waals surface area contributed by atoms with Crippen LogP contribution in [0.3, 0.4) is 0 Å². The average Bonchev–Trinajstić information content (AvgIpc) is 2.39. The summed E-state index contributed by atoms with van der Waals surface area (Å²) in [5.74, 6) is -0.180. The van der Waals surface area contributed by atoms with Crippen molar-refractivity contribution in [3.63, 3.8) is 0 Å². The highest BCUT2D eigenvalue weighted by atomic mass is 35.5. The Bertz CT molecular complexity index is 513. The fraction of sp³-hybridized carbons (Fsp3) is 0.556. The lowest BCUT2D eigenvalue weighted by Crippen LogP contribution is -2.16. The molecule has 0 saturated heterocycles. The predicted molar refractivity (Wildman–Crippen MR) is 96.3 cm³/mol. The Morgan fingerprint density at radius 3 is 2.43 bits per heavy atom. The Labute approximate surface area is 144 Å². The molecule has 0 aliphatic rings. The standard InChI is InChI=1S/C11H16ClN.C7H12O3/c1-8(2)6-9-4-5-10(12)7-11(9)13-3;1-7(2,3-4-8)5-6(9)10/h4-5,7-8,13H,6H2,1-3H3;4H,3,5H2,1-2H3,(H,9,10). The first-order chi connectivity index (χ1) is 10.6. The molecule has 0 bridgehead atoms. The van der Waals surface area contributed by atoms with Gasteiger partial charge >= 0.3 is 5.97 Å². The molecule has 0 aliphatic heterocycles. The summed E-state index contributed by atoms with van der Waals surface area (Å²) in [6.45, 7) is 7.95. The van der Waals surface area contributed by atoms with Gasteiger partial charge in [0.05, 0.1) is 6.42 Å². The fourth-order valence-electron chi connectivity index (χ4n) is 2.11. The fourth-order valence-corrected chi connectivity index (χ4v) is 2.28. The minimum Gasteiger partial charge on any atom is -0.481 e. The second kappa shape index (κ2) is 10.3. The molecule has 1 aromatic carbocycles. The number of carbonyl (C=O) groups excluding carboxylic acids is 1. The minimum absolute atomic E-state index is 0.0474. The number of halogens is 1. The van der Waals surface area contributed by atoms with Gasteiger partial charge in [-0.25, -0.2) is 0 Å². The van der Waals surface area contributed by atoms with Gasteiger partial charge in [0.1, 0.15) is 6.29 Å². The first kappa shape index (κ1) is 21.4. The van der Waals surface area contributed by atoms with Crippen molar-refractivity contribution in [1.29, 1.82) is 0 Å². The zero-order valence-electron chi connectivity index (χ0n) is 14.6. The highest BCUT2D eigenvalue weighted by Gasteiger charge is 2.20. The third-order valence-corrected chi connectivity index (χ3v) is 3.47. The summed E-state index contributed by atoms with van der Waals surface area (Å²) in [6.07, 6.45) is 2.20. The average molecular weight is 342 g/mol. The molecule has 5 heteroatoms. The summed E-state index contributed by atoms with van der Waals surface area (Å²) < 4.78 is 0. The van der Waals surface area contributed by atoms with E-state index in [0.29, 0.717) is 12.3 Å². The molecule has 0 spiro atoms. The van der Waals surface area contributed by atoms with E-state index in [1.807, 2.05) is 19.2 Å². The first-order valence-electron chi connectivity index (χ1n) is 7.73. The highest BCUT2D eigenvalue weighted by Crippen LogP contribution is 2.23. The smallest absolute Gasteiger partial charge is 0.303 e. The van der Waals surface area contributed by atoms with Crippen LogP contribution >= 0.6 is 11.6 Å². The van der Waals surface area contributed by atoms with Crippen molar-refractivity contribution in [2.24, 2.45) is 11.3 Å². The van der Waals surface area contributed by atoms with Gasteiger partial charge in [-0.3, -0.25) is 4.79 Å². The van der Waals surface area contributed by atoms with Gasteiger partial charge in [-0.1, -0.05) is 45.4 Å². The number of carbonyl (C=O) groups is 2. The Morgan fingerprint density at radius 1 is 1.39 bits per heavy atom. The molecule has 4 nitrogen and oxygen atoms in total. The Balaban J connectivity index is 0.000000438. The number of aliphatic carboxylic acids is 1. The normalized spacial score (nSPS) is 10.7. The lowest BCUT2D eigenvalue weighted by Gasteiger charge is -2.17. The summed E-state index contributed by atoms with van der Waals surface area (Å²) in [6, 6.07) is 6.01. The van der Waals surface area contributed by atoms with Crippen molar-refractivity contribution in [3.8, 4) is 0 Å². The van der Waals surface area contributed by atoms with E-state index in [-0.39, 0.29) is 6.42 Å². The van der Waals surface area contributed by atoms with Crippen molar-refractivity contribution < 1.29 is 14.7 Å². The zero-order valence-corrected chi connectivity index (χ0v) is 15.4. The second-order valence-electron chi connectivity index (χ2n) is 6.75. The SMILES string of the molecule is CC(C)(CC=O)CC(=O)O.CNc1cc(Cl)ccc1CC(C)C. The van der Waals surface area contributed by atoms with Crippen molar-refractivity contribution in [3.05, 3.63) is 28.8 Å². The van der Waals surface area contributed by atoms with Crippen LogP contribution in [0.15, 0.2) is 18.2 Å². The van der Waals surface area contributed by atoms with E-state index in [1.54, 1.807) is 13.8 Å². The molecule has 0 saturated carbocycles. The van der Waals surface area contributed by atoms with Gasteiger partial charge in [0.2, 0.25) is 0 Å². The molecule has 0 unspecified atom stereocenters. The maximum atomic E-state index is 10.2. The maximum Gasteiger partial charge on any atom is 0.303 e. The highest BCUT2D eigenvalue weighted by molar-refractivity contribution is 6.30. The number of benzene rings is 1. The molecule has 1 rings (SSSR count). The number of rotatable bonds is 7. The molecule has 0 radical (unpaired) electrons. The Kier molecular flexibility index (Phi) is 9.58. The van der Waals surface area contributed by atoms with Gasteiger partial charge in [0, 0.05) is 24.2 Å². The third-order valence-electron chi connectivity index (χ3n) is 3.24. The van der Waals surface area contributed by atoms with E-state index in [0.717, 1.165) is 23.4 Å². The summed E-state index contributed by atoms with van der Waals surface area (Å²) >= 11 is 5.89. The van der Waals surface area contributed by atoms with Crippen LogP contribution in [0.5, 0.6) is 0 Å². The van der Waals surface area contributed by atoms with Crippen LogP contribution in [-0.2, 0) is 16.0 Å². The molecular weight excluding hydrogens is 314 g/mol. The first-order valence-corrected chi connectivity index (χ1v) is 8.10. The summed E-state index contributed by atoms with van der Waals surface area (Å²) in [5, 5.41) is 12.3. The summed E-state index contributed by atoms with van der Waals surface area (Å²) in [7, 11) is 1.93. The Hall–Kier alpha value is -1.55. The van der Waals surface area contributed by atoms with Gasteiger partial charge in [0.25, 0.3) is 0 Å². The van der Waals surface area contributed by atoms with Gasteiger partial charge in [-0.15, -0.1) is 0 Å². The molecule has 0 aliphatic carbocycles. The predicted octanol–water partition coefficient (Wildman–Crippen LogP) is 4.66. The maximum absolute atomic E-state index is 10.2. The van der Waals surface area contributed by atoms with Crippen molar-refractivity contribution in [1.82, 2.24) is 0 Å². The van der Waals surface area contributed by atoms with Crippen LogP contribution in [0.2, 0.25) is 5.02 Å². The number of aldehydes is 1. The number of nitrogens with one attached hydrogen (secondary N) is 1. The molecular formula is C18H28ClNO3. The number of hydrogen-bond acceptors (Lipinski definition) is 3. The lowest BCUT2D eigenvalue weighted by atomic mass is 9.86. The van der Waals surface area contributed by atoms with E-state index in [1.165, 1.54) is 5.56 Å². The minimum atomic E-state index is -0.855. The summed E-state index contributed by atoms with van der Waals surface area (Å²) in [4.78, 5) is 20.2. The van der Waals surface area contributed by atoms with Crippen LogP contribution in [0.4, 0.5) is 5.69 Å². The summed E-state index contributed by atoms with van der Waals surface area (Å²) in [5.41, 5.74) is 2.08. The number of carboxylic acids is 1. The number of carboxylic acid groups (broad SMARTS) is 1. The quantitative estimate of drug-likeness (QED) is 0.708. The van der Waals surface area contributed by atoms with Gasteiger partial charge in [-0.2, -0.15) is 0 Å². The molecule has 0 heterocycles. The molecule has 0 aromatic heterocycles. The molecule has 2 N–H and O–H groups in total. The lowest BCUT2D eigenvalue weighted by molar-refractivity contribution is -0.139. The van der Waals surface area contributed by atoms with Gasteiger partial charge < -0.3 is 15.2 Å². The number of anilines is 1. The van der Waals surface area contributed by atoms with Crippen molar-refractivity contribution >= 4 is 29.5 Å². The molecule has 0 amide bonds. The number of hydrogen-bond donors (Lipinski definition) is 2. The van der Waals surface area contributed by atoms with Crippen LogP contribution < -0.4 is 5.32 Å². The van der Waals surface area contributed by atoms with Gasteiger partial charge in [0.15, 0.2) is 0 Å². The van der Waals surface area contributed by atoms with E-state index in [2.05, 4.69) is 25.2 Å². The van der Waals surface area contributed by atoms with E-state index in [4.69, 9.17) is 16.7 Å². The van der Waals surface area contributed by atoms with Crippen LogP contribution in [-0.4, -0.2) is 24.4 Å². The van der Waals surface area contributed by atoms with Crippen LogP contribution in [0, 0.1) is 11.3 Å². The van der Waals surface area contributed by atoms with Crippen LogP contribution in [0.25, 0.3) is 0 Å². The van der Waals surface area contributed by atoms with Gasteiger partial charge in [-0.05, 0) is 35.4 Å². The molecule has 1 aromatic rings. The third kappa shape index (κ3) is 9.95. The molecule has 130 valence electrons. The molecule has 0 atom stereocenters. The van der Waals surface area contributed by atoms with E-state index in [9.17, 15) is 9.59 Å². The van der Waals surface area contributed by atoms with Crippen molar-refractivity contribution in [2.75, 3.05) is 12.4 Å². The van der Waals surface area contributed by atoms with E-state index < -0.39 is 11.4 Å². The topological polar surface area (TPSA) is 66.4 Å². The monoisotopic (exact) mass is 341 g/mol.